The van der Waals surface area contributed by atoms with Crippen LogP contribution in [0.3, 0.4) is 0 Å². The third kappa shape index (κ3) is 2.39. The van der Waals surface area contributed by atoms with Crippen molar-refractivity contribution in [1.82, 2.24) is 0 Å². The van der Waals surface area contributed by atoms with Crippen LogP contribution in [0, 0.1) is 13.7 Å². The van der Waals surface area contributed by atoms with Crippen LogP contribution in [0.1, 0.15) is 26.3 Å². The number of hydrogen-bond donors (Lipinski definition) is 1. The SMILES string of the molecule is CC(C)(C)c1c(O)ccc(I)c1[N+](=O)[O-]. The first-order valence-corrected chi connectivity index (χ1v) is 5.49. The van der Waals surface area contributed by atoms with Gasteiger partial charge in [0.05, 0.1) is 14.1 Å². The zero-order valence-electron chi connectivity index (χ0n) is 8.74. The number of halogens is 1. The lowest BCUT2D eigenvalue weighted by molar-refractivity contribution is -0.387. The molecule has 0 bridgehead atoms. The molecule has 1 aromatic carbocycles. The molecule has 0 atom stereocenters. The van der Waals surface area contributed by atoms with Gasteiger partial charge in [0, 0.05) is 0 Å². The number of rotatable bonds is 1. The van der Waals surface area contributed by atoms with Crippen molar-refractivity contribution >= 4 is 28.3 Å². The molecule has 82 valence electrons. The van der Waals surface area contributed by atoms with Crippen LogP contribution in [0.4, 0.5) is 5.69 Å². The molecule has 1 rings (SSSR count). The van der Waals surface area contributed by atoms with E-state index in [9.17, 15) is 15.2 Å². The summed E-state index contributed by atoms with van der Waals surface area (Å²) in [6, 6.07) is 3.04. The van der Waals surface area contributed by atoms with Crippen molar-refractivity contribution in [3.8, 4) is 5.75 Å². The van der Waals surface area contributed by atoms with Crippen LogP contribution < -0.4 is 0 Å². The fraction of sp³-hybridized carbons (Fsp3) is 0.400. The Labute approximate surface area is 102 Å². The van der Waals surface area contributed by atoms with Crippen LogP contribution in [0.25, 0.3) is 0 Å². The van der Waals surface area contributed by atoms with Crippen LogP contribution in [-0.4, -0.2) is 10.0 Å². The number of aromatic hydroxyl groups is 1. The Bertz CT molecular complexity index is 410. The second-order valence-corrected chi connectivity index (χ2v) is 5.46. The monoisotopic (exact) mass is 321 g/mol. The summed E-state index contributed by atoms with van der Waals surface area (Å²) in [5, 5.41) is 20.6. The molecular weight excluding hydrogens is 309 g/mol. The lowest BCUT2D eigenvalue weighted by Crippen LogP contribution is -2.15. The van der Waals surface area contributed by atoms with Gasteiger partial charge < -0.3 is 5.11 Å². The van der Waals surface area contributed by atoms with Crippen molar-refractivity contribution in [1.29, 1.82) is 0 Å². The number of hydrogen-bond acceptors (Lipinski definition) is 3. The summed E-state index contributed by atoms with van der Waals surface area (Å²) in [6.45, 7) is 5.52. The van der Waals surface area contributed by atoms with Gasteiger partial charge in [-0.25, -0.2) is 0 Å². The van der Waals surface area contributed by atoms with Gasteiger partial charge in [-0.15, -0.1) is 0 Å². The average Bonchev–Trinajstić information content (AvgIpc) is 2.05. The smallest absolute Gasteiger partial charge is 0.290 e. The number of nitro groups is 1. The van der Waals surface area contributed by atoms with Gasteiger partial charge in [0.15, 0.2) is 0 Å². The first-order valence-electron chi connectivity index (χ1n) is 4.41. The second-order valence-electron chi connectivity index (χ2n) is 4.30. The summed E-state index contributed by atoms with van der Waals surface area (Å²) >= 11 is 1.91. The van der Waals surface area contributed by atoms with E-state index in [0.29, 0.717) is 9.13 Å². The van der Waals surface area contributed by atoms with Gasteiger partial charge >= 0.3 is 0 Å². The zero-order chi connectivity index (χ0) is 11.8. The molecule has 0 saturated heterocycles. The van der Waals surface area contributed by atoms with Crippen LogP contribution in [0.15, 0.2) is 12.1 Å². The van der Waals surface area contributed by atoms with E-state index in [2.05, 4.69) is 0 Å². The van der Waals surface area contributed by atoms with E-state index in [0.717, 1.165) is 0 Å². The molecule has 0 spiro atoms. The summed E-state index contributed by atoms with van der Waals surface area (Å²) in [5.41, 5.74) is -0.0595. The molecule has 1 aromatic rings. The molecule has 0 heterocycles. The van der Waals surface area contributed by atoms with E-state index in [4.69, 9.17) is 0 Å². The minimum absolute atomic E-state index is 0.00287. The van der Waals surface area contributed by atoms with Crippen molar-refractivity contribution in [2.75, 3.05) is 0 Å². The minimum atomic E-state index is -0.451. The van der Waals surface area contributed by atoms with Gasteiger partial charge in [0.1, 0.15) is 5.75 Å². The van der Waals surface area contributed by atoms with Gasteiger partial charge in [-0.2, -0.15) is 0 Å². The van der Waals surface area contributed by atoms with E-state index >= 15 is 0 Å². The molecule has 0 aliphatic heterocycles. The Morgan fingerprint density at radius 1 is 1.40 bits per heavy atom. The van der Waals surface area contributed by atoms with Crippen molar-refractivity contribution in [3.05, 3.63) is 31.4 Å². The van der Waals surface area contributed by atoms with Crippen molar-refractivity contribution < 1.29 is 10.0 Å². The Kier molecular flexibility index (Phi) is 3.22. The third-order valence-corrected chi connectivity index (χ3v) is 2.91. The van der Waals surface area contributed by atoms with Gasteiger partial charge in [-0.3, -0.25) is 10.1 Å². The molecule has 0 saturated carbocycles. The molecule has 4 nitrogen and oxygen atoms in total. The first kappa shape index (κ1) is 12.2. The summed E-state index contributed by atoms with van der Waals surface area (Å²) in [6.07, 6.45) is 0. The lowest BCUT2D eigenvalue weighted by atomic mass is 9.85. The highest BCUT2D eigenvalue weighted by Gasteiger charge is 2.30. The highest BCUT2D eigenvalue weighted by atomic mass is 127. The van der Waals surface area contributed by atoms with Crippen LogP contribution in [0.2, 0.25) is 0 Å². The number of nitrogens with zero attached hydrogens (tertiary/aromatic N) is 1. The molecule has 5 heteroatoms. The first-order chi connectivity index (χ1) is 6.75. The zero-order valence-corrected chi connectivity index (χ0v) is 10.9. The Morgan fingerprint density at radius 2 is 1.93 bits per heavy atom. The quantitative estimate of drug-likeness (QED) is 0.491. The molecule has 0 aliphatic carbocycles. The molecule has 0 aliphatic rings. The molecule has 0 fully saturated rings. The van der Waals surface area contributed by atoms with Crippen LogP contribution in [0.5, 0.6) is 5.75 Å². The molecule has 0 amide bonds. The van der Waals surface area contributed by atoms with Crippen LogP contribution in [-0.2, 0) is 5.41 Å². The number of benzene rings is 1. The lowest BCUT2D eigenvalue weighted by Gasteiger charge is -2.20. The standard InChI is InChI=1S/C10H12INO3/c1-10(2,3)8-7(13)5-4-6(11)9(8)12(14)15/h4-5,13H,1-3H3. The summed E-state index contributed by atoms with van der Waals surface area (Å²) in [4.78, 5) is 10.5. The summed E-state index contributed by atoms with van der Waals surface area (Å²) < 4.78 is 0.542. The number of phenols is 1. The van der Waals surface area contributed by atoms with E-state index < -0.39 is 10.3 Å². The average molecular weight is 321 g/mol. The fourth-order valence-corrected chi connectivity index (χ4v) is 2.12. The van der Waals surface area contributed by atoms with E-state index in [1.54, 1.807) is 6.07 Å². The number of nitro benzene ring substituents is 1. The van der Waals surface area contributed by atoms with Crippen molar-refractivity contribution in [2.24, 2.45) is 0 Å². The van der Waals surface area contributed by atoms with E-state index in [1.165, 1.54) is 6.07 Å². The van der Waals surface area contributed by atoms with E-state index in [1.807, 2.05) is 43.4 Å². The van der Waals surface area contributed by atoms with Gasteiger partial charge in [-0.1, -0.05) is 20.8 Å². The normalized spacial score (nSPS) is 11.5. The second kappa shape index (κ2) is 3.96. The third-order valence-electron chi connectivity index (χ3n) is 2.04. The maximum atomic E-state index is 10.9. The Balaban J connectivity index is 3.60. The molecule has 1 N–H and O–H groups in total. The molecule has 0 radical (unpaired) electrons. The van der Waals surface area contributed by atoms with E-state index in [-0.39, 0.29) is 11.4 Å². The highest BCUT2D eigenvalue weighted by molar-refractivity contribution is 14.1. The van der Waals surface area contributed by atoms with Crippen molar-refractivity contribution in [2.45, 2.75) is 26.2 Å². The molecule has 0 aromatic heterocycles. The maximum absolute atomic E-state index is 10.9. The maximum Gasteiger partial charge on any atom is 0.290 e. The minimum Gasteiger partial charge on any atom is -0.507 e. The Hall–Kier alpha value is -0.850. The largest absolute Gasteiger partial charge is 0.507 e. The molecule has 15 heavy (non-hydrogen) atoms. The van der Waals surface area contributed by atoms with Crippen LogP contribution >= 0.6 is 22.6 Å². The summed E-state index contributed by atoms with van der Waals surface area (Å²) in [7, 11) is 0. The van der Waals surface area contributed by atoms with Gasteiger partial charge in [0.2, 0.25) is 0 Å². The molecule has 0 unspecified atom stereocenters. The fourth-order valence-electron chi connectivity index (χ4n) is 1.47. The van der Waals surface area contributed by atoms with Crippen molar-refractivity contribution in [3.63, 3.8) is 0 Å². The summed E-state index contributed by atoms with van der Waals surface area (Å²) in [5.74, 6) is -0.0189. The molecular formula is C10H12INO3. The Morgan fingerprint density at radius 3 is 2.27 bits per heavy atom. The highest BCUT2D eigenvalue weighted by Crippen LogP contribution is 2.40. The topological polar surface area (TPSA) is 63.4 Å². The van der Waals surface area contributed by atoms with Gasteiger partial charge in [0.25, 0.3) is 5.69 Å². The predicted octanol–water partition coefficient (Wildman–Crippen LogP) is 3.20. The number of phenolic OH excluding ortho intramolecular Hbond substituents is 1. The predicted molar refractivity (Wildman–Crippen MR) is 66.2 cm³/mol. The van der Waals surface area contributed by atoms with Gasteiger partial charge in [-0.05, 0) is 40.1 Å².